The van der Waals surface area contributed by atoms with Crippen LogP contribution < -0.4 is 5.32 Å². The maximum absolute atomic E-state index is 12.9. The van der Waals surface area contributed by atoms with Crippen LogP contribution in [0.25, 0.3) is 0 Å². The molecule has 9 nitrogen and oxygen atoms in total. The molecule has 7 atom stereocenters. The maximum atomic E-state index is 12.9. The van der Waals surface area contributed by atoms with Gasteiger partial charge in [0, 0.05) is 6.42 Å². The van der Waals surface area contributed by atoms with Crippen LogP contribution in [0.3, 0.4) is 0 Å². The number of nitrogens with one attached hydrogen (secondary N) is 1. The first-order chi connectivity index (χ1) is 24.3. The van der Waals surface area contributed by atoms with Gasteiger partial charge in [-0.05, 0) is 19.3 Å². The van der Waals surface area contributed by atoms with E-state index in [2.05, 4.69) is 19.2 Å². The van der Waals surface area contributed by atoms with Gasteiger partial charge >= 0.3 is 0 Å². The first-order valence-electron chi connectivity index (χ1n) is 20.9. The highest BCUT2D eigenvalue weighted by Crippen LogP contribution is 2.22. The zero-order valence-corrected chi connectivity index (χ0v) is 32.2. The second kappa shape index (κ2) is 32.6. The Balaban J connectivity index is 2.33. The van der Waals surface area contributed by atoms with Crippen molar-refractivity contribution < 1.29 is 39.8 Å². The van der Waals surface area contributed by atoms with E-state index in [4.69, 9.17) is 9.47 Å². The predicted octanol–water partition coefficient (Wildman–Crippen LogP) is 7.78. The number of carbonyl (C=O) groups excluding carboxylic acids is 1. The lowest BCUT2D eigenvalue weighted by molar-refractivity contribution is -0.302. The first-order valence-corrected chi connectivity index (χ1v) is 20.9. The van der Waals surface area contributed by atoms with Gasteiger partial charge in [-0.1, -0.05) is 174 Å². The monoisotopic (exact) mass is 714 g/mol. The summed E-state index contributed by atoms with van der Waals surface area (Å²) in [5, 5.41) is 53.9. The average molecular weight is 714 g/mol. The molecule has 9 heteroatoms. The lowest BCUT2D eigenvalue weighted by Crippen LogP contribution is -2.60. The summed E-state index contributed by atoms with van der Waals surface area (Å²) in [5.74, 6) is -0.177. The fraction of sp³-hybridized carbons (Fsp3) is 0.927. The average Bonchev–Trinajstić information content (AvgIpc) is 3.11. The summed E-state index contributed by atoms with van der Waals surface area (Å²) in [6, 6.07) is -0.796. The molecule has 0 spiro atoms. The molecule has 6 N–H and O–H groups in total. The summed E-state index contributed by atoms with van der Waals surface area (Å²) in [6.07, 6.45) is 28.3. The molecular weight excluding hydrogens is 634 g/mol. The first kappa shape index (κ1) is 47.0. The van der Waals surface area contributed by atoms with Gasteiger partial charge in [0.15, 0.2) is 6.29 Å². The summed E-state index contributed by atoms with van der Waals surface area (Å²) in [7, 11) is 0. The number of allylic oxidation sites excluding steroid dienone is 1. The largest absolute Gasteiger partial charge is 0.394 e. The van der Waals surface area contributed by atoms with Crippen molar-refractivity contribution in [3.8, 4) is 0 Å². The number of unbranched alkanes of at least 4 members (excludes halogenated alkanes) is 24. The highest BCUT2D eigenvalue weighted by molar-refractivity contribution is 5.76. The zero-order chi connectivity index (χ0) is 36.7. The molecule has 0 bridgehead atoms. The Labute approximate surface area is 306 Å². The molecule has 0 aliphatic carbocycles. The van der Waals surface area contributed by atoms with Crippen LogP contribution in [-0.4, -0.2) is 87.5 Å². The van der Waals surface area contributed by atoms with E-state index in [1.54, 1.807) is 6.08 Å². The van der Waals surface area contributed by atoms with Crippen LogP contribution >= 0.6 is 0 Å². The van der Waals surface area contributed by atoms with Crippen molar-refractivity contribution in [3.05, 3.63) is 12.2 Å². The third-order valence-corrected chi connectivity index (χ3v) is 10.1. The van der Waals surface area contributed by atoms with Crippen molar-refractivity contribution in [1.82, 2.24) is 5.32 Å². The zero-order valence-electron chi connectivity index (χ0n) is 32.2. The summed E-state index contributed by atoms with van der Waals surface area (Å²) >= 11 is 0. The minimum Gasteiger partial charge on any atom is -0.394 e. The molecule has 7 unspecified atom stereocenters. The second-order valence-corrected chi connectivity index (χ2v) is 14.8. The summed E-state index contributed by atoms with van der Waals surface area (Å²) in [6.45, 7) is 3.74. The van der Waals surface area contributed by atoms with Crippen LogP contribution in [0.4, 0.5) is 0 Å². The van der Waals surface area contributed by atoms with Crippen molar-refractivity contribution in [2.75, 3.05) is 13.2 Å². The van der Waals surface area contributed by atoms with Gasteiger partial charge in [-0.3, -0.25) is 4.79 Å². The molecule has 0 saturated carbocycles. The lowest BCUT2D eigenvalue weighted by atomic mass is 9.99. The van der Waals surface area contributed by atoms with E-state index < -0.39 is 49.5 Å². The summed E-state index contributed by atoms with van der Waals surface area (Å²) < 4.78 is 11.2. The van der Waals surface area contributed by atoms with E-state index in [0.717, 1.165) is 38.5 Å². The molecule has 1 aliphatic heterocycles. The van der Waals surface area contributed by atoms with E-state index in [0.29, 0.717) is 6.42 Å². The Morgan fingerprint density at radius 1 is 0.660 bits per heavy atom. The number of carbonyl (C=O) groups is 1. The van der Waals surface area contributed by atoms with Crippen molar-refractivity contribution in [1.29, 1.82) is 0 Å². The second-order valence-electron chi connectivity index (χ2n) is 14.8. The molecule has 296 valence electrons. The van der Waals surface area contributed by atoms with Gasteiger partial charge in [-0.2, -0.15) is 0 Å². The molecule has 50 heavy (non-hydrogen) atoms. The molecule has 1 rings (SSSR count). The highest BCUT2D eigenvalue weighted by atomic mass is 16.7. The van der Waals surface area contributed by atoms with Crippen molar-refractivity contribution in [2.45, 2.75) is 230 Å². The van der Waals surface area contributed by atoms with Crippen molar-refractivity contribution in [2.24, 2.45) is 0 Å². The smallest absolute Gasteiger partial charge is 0.220 e. The van der Waals surface area contributed by atoms with Crippen molar-refractivity contribution >= 4 is 5.91 Å². The molecule has 0 aromatic rings. The van der Waals surface area contributed by atoms with Crippen LogP contribution in [0.2, 0.25) is 0 Å². The SMILES string of the molecule is CCCCCCCCC/C=C/C(O)C(COC1OC(CO)C(O)C(O)C1O)NC(=O)CCCCCCCCCCCCCCCCCCCC. The maximum Gasteiger partial charge on any atom is 0.220 e. The van der Waals surface area contributed by atoms with Gasteiger partial charge < -0.3 is 40.3 Å². The standard InChI is InChI=1S/C41H79NO8/c1-3-5-7-9-11-13-14-15-16-17-18-19-20-21-23-25-27-29-31-37(45)42-34(35(44)30-28-26-24-22-12-10-8-6-4-2)33-49-41-40(48)39(47)38(46)36(32-43)50-41/h28,30,34-36,38-41,43-44,46-48H,3-27,29,31-33H2,1-2H3,(H,42,45)/b30-28+. The third-order valence-electron chi connectivity index (χ3n) is 10.1. The Morgan fingerprint density at radius 3 is 1.56 bits per heavy atom. The third kappa shape index (κ3) is 23.5. The van der Waals surface area contributed by atoms with Crippen molar-refractivity contribution in [3.63, 3.8) is 0 Å². The van der Waals surface area contributed by atoms with Crippen LogP contribution in [0.1, 0.15) is 187 Å². The van der Waals surface area contributed by atoms with Gasteiger partial charge in [-0.25, -0.2) is 0 Å². The fourth-order valence-electron chi connectivity index (χ4n) is 6.68. The van der Waals surface area contributed by atoms with Crippen LogP contribution in [0.5, 0.6) is 0 Å². The quantitative estimate of drug-likeness (QED) is 0.0293. The Hall–Kier alpha value is -1.07. The highest BCUT2D eigenvalue weighted by Gasteiger charge is 2.44. The molecule has 1 saturated heterocycles. The minimum atomic E-state index is -1.56. The number of aliphatic hydroxyl groups excluding tert-OH is 5. The molecule has 0 aromatic carbocycles. The summed E-state index contributed by atoms with van der Waals surface area (Å²) in [4.78, 5) is 12.9. The van der Waals surface area contributed by atoms with E-state index in [1.807, 2.05) is 6.08 Å². The number of aliphatic hydroxyl groups is 5. The molecule has 0 radical (unpaired) electrons. The molecule has 0 aromatic heterocycles. The number of ether oxygens (including phenoxy) is 2. The van der Waals surface area contributed by atoms with E-state index in [9.17, 15) is 30.3 Å². The van der Waals surface area contributed by atoms with Gasteiger partial charge in [0.05, 0.1) is 25.4 Å². The van der Waals surface area contributed by atoms with Gasteiger partial charge in [0.1, 0.15) is 24.4 Å². The Kier molecular flexibility index (Phi) is 30.6. The Morgan fingerprint density at radius 2 is 1.10 bits per heavy atom. The van der Waals surface area contributed by atoms with E-state index in [1.165, 1.54) is 128 Å². The number of hydrogen-bond acceptors (Lipinski definition) is 8. The predicted molar refractivity (Wildman–Crippen MR) is 203 cm³/mol. The van der Waals surface area contributed by atoms with Crippen LogP contribution in [0, 0.1) is 0 Å². The minimum absolute atomic E-state index is 0.177. The van der Waals surface area contributed by atoms with Gasteiger partial charge in [0.25, 0.3) is 0 Å². The summed E-state index contributed by atoms with van der Waals surface area (Å²) in [5.41, 5.74) is 0. The van der Waals surface area contributed by atoms with E-state index in [-0.39, 0.29) is 12.5 Å². The molecule has 1 fully saturated rings. The van der Waals surface area contributed by atoms with E-state index >= 15 is 0 Å². The molecule has 1 aliphatic rings. The van der Waals surface area contributed by atoms with Crippen LogP contribution in [0.15, 0.2) is 12.2 Å². The molecule has 1 amide bonds. The van der Waals surface area contributed by atoms with Crippen LogP contribution in [-0.2, 0) is 14.3 Å². The van der Waals surface area contributed by atoms with Gasteiger partial charge in [0.2, 0.25) is 5.91 Å². The number of hydrogen-bond donors (Lipinski definition) is 6. The topological polar surface area (TPSA) is 149 Å². The lowest BCUT2D eigenvalue weighted by Gasteiger charge is -2.40. The molecule has 1 heterocycles. The normalized spacial score (nSPS) is 22.3. The molecular formula is C41H79NO8. The fourth-order valence-corrected chi connectivity index (χ4v) is 6.68. The number of rotatable bonds is 34. The Bertz CT molecular complexity index is 797. The van der Waals surface area contributed by atoms with Gasteiger partial charge in [-0.15, -0.1) is 0 Å². The number of amides is 1.